The number of rotatable bonds is 6. The van der Waals surface area contributed by atoms with Crippen LogP contribution in [0.15, 0.2) is 9.95 Å². The van der Waals surface area contributed by atoms with E-state index in [9.17, 15) is 4.79 Å². The third kappa shape index (κ3) is 3.89. The summed E-state index contributed by atoms with van der Waals surface area (Å²) in [5.74, 6) is 0.561. The Kier molecular flexibility index (Phi) is 5.44. The number of H-pyrrole nitrogens is 1. The molecule has 6 nitrogen and oxygen atoms in total. The number of aromatic nitrogens is 3. The minimum Gasteiger partial charge on any atom is -0.299 e. The van der Waals surface area contributed by atoms with Gasteiger partial charge in [0.15, 0.2) is 5.16 Å². The van der Waals surface area contributed by atoms with Crippen molar-refractivity contribution in [2.45, 2.75) is 51.0 Å². The third-order valence-electron chi connectivity index (χ3n) is 2.26. The summed E-state index contributed by atoms with van der Waals surface area (Å²) < 4.78 is 1.59. The molecule has 0 bridgehead atoms. The molecular formula is C11H19N5OS. The van der Waals surface area contributed by atoms with Crippen molar-refractivity contribution in [1.82, 2.24) is 20.1 Å². The Labute approximate surface area is 111 Å². The van der Waals surface area contributed by atoms with Crippen LogP contribution in [0.3, 0.4) is 0 Å². The molecule has 0 aliphatic rings. The van der Waals surface area contributed by atoms with Gasteiger partial charge in [0.05, 0.1) is 6.07 Å². The Bertz CT molecular complexity index is 471. The Morgan fingerprint density at radius 2 is 2.17 bits per heavy atom. The molecule has 1 atom stereocenters. The predicted octanol–water partition coefficient (Wildman–Crippen LogP) is 1.13. The number of nitrogens with one attached hydrogen (secondary N) is 2. The summed E-state index contributed by atoms with van der Waals surface area (Å²) in [5.41, 5.74) is -0.210. The summed E-state index contributed by atoms with van der Waals surface area (Å²) in [6, 6.07) is 2.26. The smallest absolute Gasteiger partial charge is 0.299 e. The van der Waals surface area contributed by atoms with Crippen LogP contribution in [0, 0.1) is 11.3 Å². The maximum absolute atomic E-state index is 11.5. The first kappa shape index (κ1) is 14.8. The van der Waals surface area contributed by atoms with Crippen molar-refractivity contribution in [3.05, 3.63) is 10.5 Å². The van der Waals surface area contributed by atoms with Gasteiger partial charge >= 0.3 is 5.69 Å². The van der Waals surface area contributed by atoms with Crippen molar-refractivity contribution >= 4 is 11.8 Å². The highest BCUT2D eigenvalue weighted by atomic mass is 32.2. The molecule has 0 aliphatic heterocycles. The highest BCUT2D eigenvalue weighted by Gasteiger charge is 2.15. The van der Waals surface area contributed by atoms with Crippen molar-refractivity contribution in [1.29, 1.82) is 5.26 Å². The van der Waals surface area contributed by atoms with E-state index in [4.69, 9.17) is 5.26 Å². The van der Waals surface area contributed by atoms with Gasteiger partial charge in [-0.3, -0.25) is 9.88 Å². The number of aromatic amines is 1. The second kappa shape index (κ2) is 6.61. The monoisotopic (exact) mass is 269 g/mol. The van der Waals surface area contributed by atoms with E-state index in [-0.39, 0.29) is 23.8 Å². The molecule has 0 spiro atoms. The lowest BCUT2D eigenvalue weighted by atomic mass is 10.3. The van der Waals surface area contributed by atoms with Gasteiger partial charge in [-0.25, -0.2) is 9.89 Å². The Morgan fingerprint density at radius 1 is 1.50 bits per heavy atom. The first-order valence-corrected chi connectivity index (χ1v) is 6.89. The molecule has 0 radical (unpaired) electrons. The largest absolute Gasteiger partial charge is 0.344 e. The van der Waals surface area contributed by atoms with E-state index >= 15 is 0 Å². The van der Waals surface area contributed by atoms with E-state index < -0.39 is 0 Å². The van der Waals surface area contributed by atoms with E-state index in [1.165, 1.54) is 11.8 Å². The molecule has 2 N–H and O–H groups in total. The van der Waals surface area contributed by atoms with Crippen LogP contribution in [0.25, 0.3) is 0 Å². The highest BCUT2D eigenvalue weighted by molar-refractivity contribution is 7.99. The number of nitrogens with zero attached hydrogens (tertiary/aromatic N) is 3. The molecular weight excluding hydrogens is 250 g/mol. The summed E-state index contributed by atoms with van der Waals surface area (Å²) in [4.78, 5) is 11.5. The number of nitriles is 1. The number of thioether (sulfide) groups is 1. The second-order valence-corrected chi connectivity index (χ2v) is 5.58. The van der Waals surface area contributed by atoms with Crippen molar-refractivity contribution in [2.24, 2.45) is 0 Å². The standard InChI is InChI=1S/C11H19N5OS/c1-7(2)13-9(5-12)6-18-11-15-14-10(17)16(11)8(3)4/h7-9,13H,6H2,1-4H3,(H,14,17). The van der Waals surface area contributed by atoms with Gasteiger partial charge in [-0.15, -0.1) is 5.10 Å². The fourth-order valence-electron chi connectivity index (χ4n) is 1.53. The predicted molar refractivity (Wildman–Crippen MR) is 71.6 cm³/mol. The molecule has 1 aromatic heterocycles. The van der Waals surface area contributed by atoms with Crippen molar-refractivity contribution in [3.63, 3.8) is 0 Å². The van der Waals surface area contributed by atoms with Gasteiger partial charge in [0.1, 0.15) is 6.04 Å². The third-order valence-corrected chi connectivity index (χ3v) is 3.30. The SMILES string of the molecule is CC(C)NC(C#N)CSc1n[nH]c(=O)n1C(C)C. The topological polar surface area (TPSA) is 86.5 Å². The van der Waals surface area contributed by atoms with E-state index in [0.717, 1.165) is 0 Å². The van der Waals surface area contributed by atoms with Crippen LogP contribution in [0.1, 0.15) is 33.7 Å². The van der Waals surface area contributed by atoms with Crippen LogP contribution in [0.2, 0.25) is 0 Å². The first-order chi connectivity index (χ1) is 8.45. The molecule has 18 heavy (non-hydrogen) atoms. The summed E-state index contributed by atoms with van der Waals surface area (Å²) in [7, 11) is 0. The number of hydrogen-bond donors (Lipinski definition) is 2. The Hall–Kier alpha value is -1.26. The molecule has 0 aromatic carbocycles. The normalized spacial score (nSPS) is 12.9. The molecule has 0 aliphatic carbocycles. The van der Waals surface area contributed by atoms with Crippen LogP contribution in [0.5, 0.6) is 0 Å². The van der Waals surface area contributed by atoms with Crippen LogP contribution >= 0.6 is 11.8 Å². The molecule has 0 amide bonds. The maximum Gasteiger partial charge on any atom is 0.344 e. The fraction of sp³-hybridized carbons (Fsp3) is 0.727. The number of hydrogen-bond acceptors (Lipinski definition) is 5. The summed E-state index contributed by atoms with van der Waals surface area (Å²) in [6.45, 7) is 7.84. The lowest BCUT2D eigenvalue weighted by Crippen LogP contribution is -2.35. The Balaban J connectivity index is 2.69. The van der Waals surface area contributed by atoms with Gasteiger partial charge < -0.3 is 0 Å². The van der Waals surface area contributed by atoms with E-state index in [2.05, 4.69) is 21.6 Å². The molecule has 7 heteroatoms. The lowest BCUT2D eigenvalue weighted by Gasteiger charge is -2.14. The molecule has 1 heterocycles. The highest BCUT2D eigenvalue weighted by Crippen LogP contribution is 2.17. The van der Waals surface area contributed by atoms with Crippen LogP contribution in [0.4, 0.5) is 0 Å². The fourth-order valence-corrected chi connectivity index (χ4v) is 2.56. The molecule has 1 unspecified atom stereocenters. The molecule has 0 fully saturated rings. The van der Waals surface area contributed by atoms with Crippen LogP contribution < -0.4 is 11.0 Å². The minimum atomic E-state index is -0.248. The summed E-state index contributed by atoms with van der Waals surface area (Å²) in [6.07, 6.45) is 0. The van der Waals surface area contributed by atoms with Gasteiger partial charge in [0.2, 0.25) is 0 Å². The first-order valence-electron chi connectivity index (χ1n) is 5.91. The lowest BCUT2D eigenvalue weighted by molar-refractivity contribution is 0.531. The van der Waals surface area contributed by atoms with Crippen LogP contribution in [-0.4, -0.2) is 32.6 Å². The average Bonchev–Trinajstić information content (AvgIpc) is 2.65. The van der Waals surface area contributed by atoms with Crippen molar-refractivity contribution in [2.75, 3.05) is 5.75 Å². The van der Waals surface area contributed by atoms with Gasteiger partial charge in [0.25, 0.3) is 0 Å². The van der Waals surface area contributed by atoms with Crippen molar-refractivity contribution in [3.8, 4) is 6.07 Å². The quantitative estimate of drug-likeness (QED) is 0.756. The minimum absolute atomic E-state index is 0.0531. The van der Waals surface area contributed by atoms with Crippen molar-refractivity contribution < 1.29 is 0 Å². The zero-order valence-corrected chi connectivity index (χ0v) is 11.9. The molecule has 1 aromatic rings. The molecule has 100 valence electrons. The molecule has 0 saturated carbocycles. The van der Waals surface area contributed by atoms with Gasteiger partial charge in [-0.1, -0.05) is 11.8 Å². The molecule has 1 rings (SSSR count). The zero-order valence-electron chi connectivity index (χ0n) is 11.1. The van der Waals surface area contributed by atoms with E-state index in [1.807, 2.05) is 27.7 Å². The zero-order chi connectivity index (χ0) is 13.7. The van der Waals surface area contributed by atoms with Crippen LogP contribution in [-0.2, 0) is 0 Å². The average molecular weight is 269 g/mol. The second-order valence-electron chi connectivity index (χ2n) is 4.59. The summed E-state index contributed by atoms with van der Waals surface area (Å²) in [5, 5.41) is 19.2. The molecule has 0 saturated heterocycles. The van der Waals surface area contributed by atoms with Gasteiger partial charge in [0, 0.05) is 17.8 Å². The van der Waals surface area contributed by atoms with Gasteiger partial charge in [-0.2, -0.15) is 5.26 Å². The van der Waals surface area contributed by atoms with Gasteiger partial charge in [-0.05, 0) is 27.7 Å². The Morgan fingerprint density at radius 3 is 2.67 bits per heavy atom. The maximum atomic E-state index is 11.5. The van der Waals surface area contributed by atoms with E-state index in [1.54, 1.807) is 4.57 Å². The summed E-state index contributed by atoms with van der Waals surface area (Å²) >= 11 is 1.41. The van der Waals surface area contributed by atoms with E-state index in [0.29, 0.717) is 10.9 Å².